The van der Waals surface area contributed by atoms with Gasteiger partial charge in [-0.15, -0.1) is 0 Å². The molecule has 0 aliphatic carbocycles. The van der Waals surface area contributed by atoms with Crippen molar-refractivity contribution in [2.45, 2.75) is 0 Å². The smallest absolute Gasteiger partial charge is 0.178 e. The van der Waals surface area contributed by atoms with Crippen molar-refractivity contribution in [1.29, 1.82) is 0 Å². The molecule has 2 rings (SSSR count). The van der Waals surface area contributed by atoms with Crippen LogP contribution < -0.4 is 10.1 Å². The molecule has 4 heteroatoms. The molecule has 0 amide bonds. The van der Waals surface area contributed by atoms with Gasteiger partial charge in [0.15, 0.2) is 12.0 Å². The molecule has 1 aliphatic rings. The molecule has 1 aromatic heterocycles. The molecule has 0 radical (unpaired) electrons. The van der Waals surface area contributed by atoms with Gasteiger partial charge in [0.1, 0.15) is 6.20 Å². The first-order valence-electron chi connectivity index (χ1n) is 3.68. The van der Waals surface area contributed by atoms with Crippen LogP contribution >= 0.6 is 0 Å². The SMILES string of the molecule is c1nocc1OCC1CNC1. The van der Waals surface area contributed by atoms with Gasteiger partial charge >= 0.3 is 0 Å². The van der Waals surface area contributed by atoms with Gasteiger partial charge in [0.2, 0.25) is 0 Å². The minimum Gasteiger partial charge on any atom is -0.488 e. The third kappa shape index (κ3) is 1.51. The molecule has 1 fully saturated rings. The van der Waals surface area contributed by atoms with Crippen molar-refractivity contribution in [2.75, 3.05) is 19.7 Å². The van der Waals surface area contributed by atoms with Gasteiger partial charge in [0, 0.05) is 19.0 Å². The first kappa shape index (κ1) is 6.67. The lowest BCUT2D eigenvalue weighted by atomic mass is 10.1. The molecule has 2 heterocycles. The van der Waals surface area contributed by atoms with Crippen molar-refractivity contribution < 1.29 is 9.26 Å². The molecular weight excluding hydrogens is 144 g/mol. The van der Waals surface area contributed by atoms with Crippen molar-refractivity contribution in [2.24, 2.45) is 5.92 Å². The third-order valence-electron chi connectivity index (χ3n) is 1.76. The Morgan fingerprint density at radius 1 is 1.73 bits per heavy atom. The minimum absolute atomic E-state index is 0.657. The predicted molar refractivity (Wildman–Crippen MR) is 38.4 cm³/mol. The summed E-state index contributed by atoms with van der Waals surface area (Å²) in [5.74, 6) is 1.38. The van der Waals surface area contributed by atoms with Gasteiger partial charge in [-0.25, -0.2) is 0 Å². The highest BCUT2D eigenvalue weighted by atomic mass is 16.5. The van der Waals surface area contributed by atoms with E-state index in [0.29, 0.717) is 5.92 Å². The highest BCUT2D eigenvalue weighted by molar-refractivity contribution is 5.08. The van der Waals surface area contributed by atoms with Gasteiger partial charge in [-0.3, -0.25) is 0 Å². The molecule has 60 valence electrons. The molecule has 1 saturated heterocycles. The Hall–Kier alpha value is -1.03. The Bertz CT molecular complexity index is 206. The van der Waals surface area contributed by atoms with Crippen LogP contribution in [0.4, 0.5) is 0 Å². The molecule has 4 nitrogen and oxygen atoms in total. The highest BCUT2D eigenvalue weighted by Crippen LogP contribution is 2.10. The zero-order valence-electron chi connectivity index (χ0n) is 6.12. The lowest BCUT2D eigenvalue weighted by molar-refractivity contribution is 0.198. The van der Waals surface area contributed by atoms with E-state index in [4.69, 9.17) is 4.74 Å². The van der Waals surface area contributed by atoms with Gasteiger partial charge in [0.05, 0.1) is 6.61 Å². The Balaban J connectivity index is 1.74. The summed E-state index contributed by atoms with van der Waals surface area (Å²) in [6.45, 7) is 2.88. The quantitative estimate of drug-likeness (QED) is 0.679. The van der Waals surface area contributed by atoms with Gasteiger partial charge < -0.3 is 14.6 Å². The molecule has 11 heavy (non-hydrogen) atoms. The van der Waals surface area contributed by atoms with Crippen molar-refractivity contribution in [1.82, 2.24) is 10.5 Å². The van der Waals surface area contributed by atoms with Crippen molar-refractivity contribution in [3.63, 3.8) is 0 Å². The molecule has 0 unspecified atom stereocenters. The van der Waals surface area contributed by atoms with Crippen LogP contribution in [0, 0.1) is 5.92 Å². The fraction of sp³-hybridized carbons (Fsp3) is 0.571. The lowest BCUT2D eigenvalue weighted by Crippen LogP contribution is -2.45. The van der Waals surface area contributed by atoms with Crippen molar-refractivity contribution >= 4 is 0 Å². The van der Waals surface area contributed by atoms with Crippen molar-refractivity contribution in [3.8, 4) is 5.75 Å². The average molecular weight is 154 g/mol. The number of rotatable bonds is 3. The fourth-order valence-electron chi connectivity index (χ4n) is 0.947. The zero-order valence-corrected chi connectivity index (χ0v) is 6.12. The van der Waals surface area contributed by atoms with Crippen LogP contribution in [0.5, 0.6) is 5.75 Å². The van der Waals surface area contributed by atoms with Gasteiger partial charge in [-0.1, -0.05) is 5.16 Å². The molecule has 1 aliphatic heterocycles. The van der Waals surface area contributed by atoms with Gasteiger partial charge in [-0.05, 0) is 0 Å². The van der Waals surface area contributed by atoms with Crippen LogP contribution in [0.1, 0.15) is 0 Å². The lowest BCUT2D eigenvalue weighted by Gasteiger charge is -2.26. The van der Waals surface area contributed by atoms with E-state index in [1.165, 1.54) is 6.26 Å². The average Bonchev–Trinajstić information content (AvgIpc) is 2.36. The van der Waals surface area contributed by atoms with E-state index in [-0.39, 0.29) is 0 Å². The van der Waals surface area contributed by atoms with E-state index in [0.717, 1.165) is 25.4 Å². The number of aromatic nitrogens is 1. The summed E-state index contributed by atoms with van der Waals surface area (Å²) >= 11 is 0. The maximum Gasteiger partial charge on any atom is 0.178 e. The van der Waals surface area contributed by atoms with Crippen LogP contribution in [-0.4, -0.2) is 24.9 Å². The van der Waals surface area contributed by atoms with E-state index in [2.05, 4.69) is 15.0 Å². The molecule has 0 saturated carbocycles. The second kappa shape index (κ2) is 2.92. The number of hydrogen-bond acceptors (Lipinski definition) is 4. The van der Waals surface area contributed by atoms with Gasteiger partial charge in [-0.2, -0.15) is 0 Å². The maximum atomic E-state index is 5.35. The van der Waals surface area contributed by atoms with Crippen LogP contribution in [0.25, 0.3) is 0 Å². The summed E-state index contributed by atoms with van der Waals surface area (Å²) in [5, 5.41) is 6.70. The number of nitrogens with one attached hydrogen (secondary N) is 1. The van der Waals surface area contributed by atoms with E-state index in [9.17, 15) is 0 Å². The summed E-state index contributed by atoms with van der Waals surface area (Å²) in [6, 6.07) is 0. The standard InChI is InChI=1S/C7H10N2O2/c1-6(2-8-1)4-10-7-3-9-11-5-7/h3,5-6,8H,1-2,4H2. The molecule has 0 spiro atoms. The van der Waals surface area contributed by atoms with Crippen LogP contribution in [0.2, 0.25) is 0 Å². The van der Waals surface area contributed by atoms with Crippen molar-refractivity contribution in [3.05, 3.63) is 12.5 Å². The maximum absolute atomic E-state index is 5.35. The van der Waals surface area contributed by atoms with Crippen LogP contribution in [0.15, 0.2) is 17.0 Å². The Morgan fingerprint density at radius 2 is 2.64 bits per heavy atom. The van der Waals surface area contributed by atoms with Gasteiger partial charge in [0.25, 0.3) is 0 Å². The summed E-state index contributed by atoms with van der Waals surface area (Å²) < 4.78 is 9.96. The van der Waals surface area contributed by atoms with E-state index in [1.54, 1.807) is 6.20 Å². The molecule has 1 aromatic rings. The predicted octanol–water partition coefficient (Wildman–Crippen LogP) is 0.273. The molecule has 0 aromatic carbocycles. The minimum atomic E-state index is 0.657. The summed E-state index contributed by atoms with van der Waals surface area (Å²) in [6.07, 6.45) is 3.08. The van der Waals surface area contributed by atoms with E-state index in [1.807, 2.05) is 0 Å². The molecule has 1 N–H and O–H groups in total. The Kier molecular flexibility index (Phi) is 1.77. The number of ether oxygens (including phenoxy) is 1. The van der Waals surface area contributed by atoms with E-state index >= 15 is 0 Å². The highest BCUT2D eigenvalue weighted by Gasteiger charge is 2.17. The third-order valence-corrected chi connectivity index (χ3v) is 1.76. The van der Waals surface area contributed by atoms with Crippen LogP contribution in [-0.2, 0) is 0 Å². The Morgan fingerprint density at radius 3 is 3.18 bits per heavy atom. The summed E-state index contributed by atoms with van der Waals surface area (Å²) in [7, 11) is 0. The second-order valence-corrected chi connectivity index (χ2v) is 2.70. The first-order chi connectivity index (χ1) is 5.45. The summed E-state index contributed by atoms with van der Waals surface area (Å²) in [5.41, 5.74) is 0. The molecular formula is C7H10N2O2. The Labute approximate surface area is 64.5 Å². The second-order valence-electron chi connectivity index (χ2n) is 2.70. The number of hydrogen-bond donors (Lipinski definition) is 1. The first-order valence-corrected chi connectivity index (χ1v) is 3.68. The normalized spacial score (nSPS) is 17.8. The van der Waals surface area contributed by atoms with E-state index < -0.39 is 0 Å². The fourth-order valence-corrected chi connectivity index (χ4v) is 0.947. The largest absolute Gasteiger partial charge is 0.488 e. The topological polar surface area (TPSA) is 47.3 Å². The summed E-state index contributed by atoms with van der Waals surface area (Å²) in [4.78, 5) is 0. The monoisotopic (exact) mass is 154 g/mol. The molecule has 0 atom stereocenters. The van der Waals surface area contributed by atoms with Crippen LogP contribution in [0.3, 0.4) is 0 Å². The zero-order chi connectivity index (χ0) is 7.52. The number of nitrogens with zero attached hydrogens (tertiary/aromatic N) is 1. The molecule has 0 bridgehead atoms.